The number of hydrogen-bond acceptors (Lipinski definition) is 2. The van der Waals surface area contributed by atoms with E-state index in [2.05, 4.69) is 4.98 Å². The molecule has 0 unspecified atom stereocenters. The van der Waals surface area contributed by atoms with E-state index in [-0.39, 0.29) is 14.4 Å². The van der Waals surface area contributed by atoms with Gasteiger partial charge >= 0.3 is 0 Å². The van der Waals surface area contributed by atoms with Gasteiger partial charge in [-0.3, -0.25) is 4.79 Å². The predicted octanol–water partition coefficient (Wildman–Crippen LogP) is 2.38. The van der Waals surface area contributed by atoms with Gasteiger partial charge in [-0.2, -0.15) is 0 Å². The molecule has 2 N–H and O–H groups in total. The summed E-state index contributed by atoms with van der Waals surface area (Å²) in [6.45, 7) is 0. The predicted molar refractivity (Wildman–Crippen MR) is 55.4 cm³/mol. The Bertz CT molecular complexity index is 386. The maximum Gasteiger partial charge on any atom is 0.267 e. The number of amides is 1. The number of carbonyl (C=O) groups is 1. The second kappa shape index (κ2) is 4.35. The maximum atomic E-state index is 12.5. The number of hydrogen-bond donors (Lipinski definition) is 1. The summed E-state index contributed by atoms with van der Waals surface area (Å²) in [6.07, 6.45) is -2.80. The van der Waals surface area contributed by atoms with Crippen LogP contribution in [0.4, 0.5) is 8.78 Å². The average molecular weight is 332 g/mol. The normalized spacial score (nSPS) is 10.6. The molecule has 1 aromatic rings. The smallest absolute Gasteiger partial charge is 0.267 e. The van der Waals surface area contributed by atoms with Crippen LogP contribution in [-0.4, -0.2) is 10.9 Å². The standard InChI is InChI=1S/C7H4ClF2IN2O/c8-3-1-2(7(12)14)4(5(9)10)6(11)13-3/h1,5H,(H2,12,14). The lowest BCUT2D eigenvalue weighted by Crippen LogP contribution is -2.15. The zero-order valence-electron chi connectivity index (χ0n) is 6.60. The van der Waals surface area contributed by atoms with Gasteiger partial charge in [-0.1, -0.05) is 11.6 Å². The molecule has 0 saturated heterocycles. The van der Waals surface area contributed by atoms with Crippen molar-refractivity contribution in [3.63, 3.8) is 0 Å². The van der Waals surface area contributed by atoms with Gasteiger partial charge in [-0.25, -0.2) is 13.8 Å². The summed E-state index contributed by atoms with van der Waals surface area (Å²) in [5.74, 6) is -0.942. The van der Waals surface area contributed by atoms with Gasteiger partial charge in [0, 0.05) is 0 Å². The minimum absolute atomic E-state index is 0.0149. The summed E-state index contributed by atoms with van der Waals surface area (Å²) >= 11 is 7.08. The van der Waals surface area contributed by atoms with Gasteiger partial charge in [0.05, 0.1) is 11.1 Å². The van der Waals surface area contributed by atoms with Gasteiger partial charge in [0.25, 0.3) is 6.43 Å². The molecule has 0 radical (unpaired) electrons. The molecule has 7 heteroatoms. The molecule has 0 atom stereocenters. The molecule has 1 heterocycles. The minimum Gasteiger partial charge on any atom is -0.366 e. The number of halogens is 4. The van der Waals surface area contributed by atoms with Crippen LogP contribution < -0.4 is 5.73 Å². The van der Waals surface area contributed by atoms with Crippen LogP contribution >= 0.6 is 34.2 Å². The van der Waals surface area contributed by atoms with Crippen LogP contribution in [-0.2, 0) is 0 Å². The van der Waals surface area contributed by atoms with Crippen molar-refractivity contribution >= 4 is 40.1 Å². The first-order valence-corrected chi connectivity index (χ1v) is 4.83. The highest BCUT2D eigenvalue weighted by molar-refractivity contribution is 14.1. The molecule has 0 aliphatic carbocycles. The van der Waals surface area contributed by atoms with E-state index in [0.29, 0.717) is 0 Å². The summed E-state index contributed by atoms with van der Waals surface area (Å²) in [7, 11) is 0. The Balaban J connectivity index is 3.44. The fourth-order valence-electron chi connectivity index (χ4n) is 0.906. The van der Waals surface area contributed by atoms with Crippen molar-refractivity contribution in [2.45, 2.75) is 6.43 Å². The van der Waals surface area contributed by atoms with E-state index in [1.165, 1.54) is 0 Å². The number of aromatic nitrogens is 1. The minimum atomic E-state index is -2.80. The van der Waals surface area contributed by atoms with E-state index in [0.717, 1.165) is 6.07 Å². The second-order valence-corrected chi connectivity index (χ2v) is 3.77. The molecule has 76 valence electrons. The largest absolute Gasteiger partial charge is 0.366 e. The quantitative estimate of drug-likeness (QED) is 0.668. The molecule has 1 amide bonds. The number of carbonyl (C=O) groups excluding carboxylic acids is 1. The van der Waals surface area contributed by atoms with Gasteiger partial charge in [0.2, 0.25) is 5.91 Å². The molecule has 0 spiro atoms. The van der Waals surface area contributed by atoms with Crippen molar-refractivity contribution in [1.29, 1.82) is 0 Å². The molecule has 14 heavy (non-hydrogen) atoms. The van der Waals surface area contributed by atoms with Crippen molar-refractivity contribution < 1.29 is 13.6 Å². The Morgan fingerprint density at radius 2 is 2.21 bits per heavy atom. The van der Waals surface area contributed by atoms with Crippen LogP contribution in [0.2, 0.25) is 5.15 Å². The zero-order chi connectivity index (χ0) is 10.9. The molecule has 3 nitrogen and oxygen atoms in total. The van der Waals surface area contributed by atoms with E-state index in [9.17, 15) is 13.6 Å². The van der Waals surface area contributed by atoms with E-state index >= 15 is 0 Å². The Kier molecular flexibility index (Phi) is 3.59. The topological polar surface area (TPSA) is 56.0 Å². The number of nitrogens with zero attached hydrogens (tertiary/aromatic N) is 1. The van der Waals surface area contributed by atoms with Crippen molar-refractivity contribution in [3.8, 4) is 0 Å². The molecular weight excluding hydrogens is 328 g/mol. The molecule has 0 fully saturated rings. The van der Waals surface area contributed by atoms with Gasteiger partial charge in [-0.05, 0) is 28.7 Å². The molecule has 0 aliphatic heterocycles. The van der Waals surface area contributed by atoms with Gasteiger partial charge in [-0.15, -0.1) is 0 Å². The van der Waals surface area contributed by atoms with Crippen LogP contribution in [0, 0.1) is 3.70 Å². The first-order chi connectivity index (χ1) is 6.43. The monoisotopic (exact) mass is 332 g/mol. The number of rotatable bonds is 2. The average Bonchev–Trinajstić information content (AvgIpc) is 2.01. The van der Waals surface area contributed by atoms with E-state index in [4.69, 9.17) is 17.3 Å². The SMILES string of the molecule is NC(=O)c1cc(Cl)nc(I)c1C(F)F. The Labute approximate surface area is 96.8 Å². The van der Waals surface area contributed by atoms with Crippen LogP contribution in [0.15, 0.2) is 6.07 Å². The van der Waals surface area contributed by atoms with E-state index in [1.54, 1.807) is 22.6 Å². The summed E-state index contributed by atoms with van der Waals surface area (Å²) in [6, 6.07) is 1.04. The molecule has 0 saturated carbocycles. The number of pyridine rings is 1. The van der Waals surface area contributed by atoms with Crippen molar-refractivity contribution in [3.05, 3.63) is 26.0 Å². The molecule has 0 aliphatic rings. The highest BCUT2D eigenvalue weighted by atomic mass is 127. The first kappa shape index (κ1) is 11.6. The Morgan fingerprint density at radius 1 is 1.64 bits per heavy atom. The van der Waals surface area contributed by atoms with Crippen LogP contribution in [0.3, 0.4) is 0 Å². The molecule has 1 rings (SSSR count). The van der Waals surface area contributed by atoms with Crippen molar-refractivity contribution in [2.24, 2.45) is 5.73 Å². The zero-order valence-corrected chi connectivity index (χ0v) is 9.51. The number of alkyl halides is 2. The van der Waals surface area contributed by atoms with Crippen molar-refractivity contribution in [2.75, 3.05) is 0 Å². The highest BCUT2D eigenvalue weighted by Gasteiger charge is 2.21. The van der Waals surface area contributed by atoms with Crippen molar-refractivity contribution in [1.82, 2.24) is 4.98 Å². The summed E-state index contributed by atoms with van der Waals surface area (Å²) in [4.78, 5) is 14.4. The molecule has 0 aromatic carbocycles. The lowest BCUT2D eigenvalue weighted by atomic mass is 10.1. The van der Waals surface area contributed by atoms with Gasteiger partial charge < -0.3 is 5.73 Å². The number of primary amides is 1. The van der Waals surface area contributed by atoms with Crippen LogP contribution in [0.25, 0.3) is 0 Å². The molecule has 1 aromatic heterocycles. The Morgan fingerprint density at radius 3 is 2.64 bits per heavy atom. The van der Waals surface area contributed by atoms with E-state index < -0.39 is 17.9 Å². The van der Waals surface area contributed by atoms with Gasteiger partial charge in [0.1, 0.15) is 8.85 Å². The van der Waals surface area contributed by atoms with Crippen LogP contribution in [0.5, 0.6) is 0 Å². The lowest BCUT2D eigenvalue weighted by Gasteiger charge is -2.07. The summed E-state index contributed by atoms with van der Waals surface area (Å²) in [5, 5.41) is -0.0346. The van der Waals surface area contributed by atoms with E-state index in [1.807, 2.05) is 0 Å². The fourth-order valence-corrected chi connectivity index (χ4v) is 2.03. The summed E-state index contributed by atoms with van der Waals surface area (Å²) < 4.78 is 25.0. The Hall–Kier alpha value is -0.500. The third-order valence-corrected chi connectivity index (χ3v) is 2.48. The highest BCUT2D eigenvalue weighted by Crippen LogP contribution is 2.28. The first-order valence-electron chi connectivity index (χ1n) is 3.37. The van der Waals surface area contributed by atoms with Gasteiger partial charge in [0.15, 0.2) is 0 Å². The third kappa shape index (κ3) is 2.30. The maximum absolute atomic E-state index is 12.5. The number of nitrogens with two attached hydrogens (primary N) is 1. The summed E-state index contributed by atoms with van der Waals surface area (Å²) in [5.41, 5.74) is 4.17. The molecule has 0 bridgehead atoms. The molecular formula is C7H4ClF2IN2O. The second-order valence-electron chi connectivity index (χ2n) is 2.36. The fraction of sp³-hybridized carbons (Fsp3) is 0.143. The third-order valence-electron chi connectivity index (χ3n) is 1.46. The van der Waals surface area contributed by atoms with Crippen LogP contribution in [0.1, 0.15) is 22.3 Å². The lowest BCUT2D eigenvalue weighted by molar-refractivity contribution is 0.0985.